The normalized spacial score (nSPS) is 10.6. The molecule has 0 spiro atoms. The number of thiophene rings is 2. The van der Waals surface area contributed by atoms with Gasteiger partial charge in [-0.2, -0.15) is 0 Å². The topological polar surface area (TPSA) is 107 Å². The Hall–Kier alpha value is -2.52. The van der Waals surface area contributed by atoms with Crippen molar-refractivity contribution in [1.82, 2.24) is 15.3 Å². The minimum atomic E-state index is -1.34. The molecule has 0 unspecified atom stereocenters. The van der Waals surface area contributed by atoms with Crippen molar-refractivity contribution in [2.24, 2.45) is 0 Å². The number of carboxylic acid groups (broad SMARTS) is 1. The summed E-state index contributed by atoms with van der Waals surface area (Å²) < 4.78 is 0.738. The fraction of sp³-hybridized carbons (Fsp3) is 0.143. The van der Waals surface area contributed by atoms with Crippen LogP contribution in [0.4, 0.5) is 10.7 Å². The van der Waals surface area contributed by atoms with E-state index in [9.17, 15) is 14.7 Å². The number of hydrogen-bond acceptors (Lipinski definition) is 8. The second-order valence-electron chi connectivity index (χ2n) is 4.48. The maximum atomic E-state index is 12.6. The Bertz CT molecular complexity index is 845. The highest BCUT2D eigenvalue weighted by molar-refractivity contribution is 7.17. The third-order valence-corrected chi connectivity index (χ3v) is 4.72. The number of carbonyl (C=O) groups is 2. The van der Waals surface area contributed by atoms with Crippen LogP contribution in [0.5, 0.6) is 0 Å². The zero-order valence-electron chi connectivity index (χ0n) is 11.7. The molecular weight excluding hydrogens is 336 g/mol. The highest BCUT2D eigenvalue weighted by atomic mass is 32.1. The summed E-state index contributed by atoms with van der Waals surface area (Å²) in [5.74, 6) is 0.140. The van der Waals surface area contributed by atoms with Gasteiger partial charge in [-0.3, -0.25) is 4.79 Å². The van der Waals surface area contributed by atoms with Gasteiger partial charge < -0.3 is 20.5 Å². The second kappa shape index (κ2) is 6.71. The van der Waals surface area contributed by atoms with Crippen LogP contribution in [0.1, 0.15) is 15.4 Å². The van der Waals surface area contributed by atoms with Crippen molar-refractivity contribution in [3.63, 3.8) is 0 Å². The van der Waals surface area contributed by atoms with E-state index in [1.165, 1.54) is 22.7 Å². The molecule has 0 aliphatic rings. The molecule has 118 valence electrons. The average Bonchev–Trinajstić information content (AvgIpc) is 3.20. The number of ketones is 1. The summed E-state index contributed by atoms with van der Waals surface area (Å²) in [6.07, 6.45) is -1.34. The fourth-order valence-corrected chi connectivity index (χ4v) is 3.44. The molecule has 3 aromatic heterocycles. The summed E-state index contributed by atoms with van der Waals surface area (Å²) in [5, 5.41) is 19.0. The molecule has 2 N–H and O–H groups in total. The van der Waals surface area contributed by atoms with Crippen LogP contribution in [0.15, 0.2) is 29.0 Å². The van der Waals surface area contributed by atoms with Crippen molar-refractivity contribution in [1.29, 1.82) is 0 Å². The Morgan fingerprint density at radius 1 is 1.13 bits per heavy atom. The van der Waals surface area contributed by atoms with E-state index in [0.717, 1.165) is 4.70 Å². The zero-order valence-corrected chi connectivity index (χ0v) is 13.4. The number of carbonyl (C=O) groups excluding carboxylic acids is 2. The van der Waals surface area contributed by atoms with Gasteiger partial charge in [0.2, 0.25) is 11.7 Å². The Morgan fingerprint density at radius 2 is 2.00 bits per heavy atom. The molecule has 0 bridgehead atoms. The predicted molar refractivity (Wildman–Crippen MR) is 87.1 cm³/mol. The lowest BCUT2D eigenvalue weighted by atomic mass is 10.2. The number of nitrogens with one attached hydrogen (secondary N) is 2. The van der Waals surface area contributed by atoms with Crippen LogP contribution >= 0.6 is 22.7 Å². The van der Waals surface area contributed by atoms with Gasteiger partial charge in [0.05, 0.1) is 15.1 Å². The van der Waals surface area contributed by atoms with Crippen LogP contribution in [0.3, 0.4) is 0 Å². The largest absolute Gasteiger partial charge is 0.530 e. The lowest BCUT2D eigenvalue weighted by Crippen LogP contribution is -2.39. The van der Waals surface area contributed by atoms with Gasteiger partial charge in [0.25, 0.3) is 0 Å². The molecule has 0 aromatic carbocycles. The van der Waals surface area contributed by atoms with Gasteiger partial charge in [-0.1, -0.05) is 6.07 Å². The van der Waals surface area contributed by atoms with E-state index in [4.69, 9.17) is 0 Å². The summed E-state index contributed by atoms with van der Waals surface area (Å²) >= 11 is 2.77. The Balaban J connectivity index is 1.86. The Morgan fingerprint density at radius 3 is 2.74 bits per heavy atom. The molecule has 7 nitrogen and oxygen atoms in total. The molecule has 3 heterocycles. The van der Waals surface area contributed by atoms with Crippen molar-refractivity contribution in [3.8, 4) is 0 Å². The number of rotatable bonds is 6. The standard InChI is InChI=1S/C14H12N4O3S2/c19-11(9-2-1-6-22-9)10-12-8(3-7-23-12)17-13(18-10)15-4-5-16-14(20)21/h1-3,6-7,16H,4-5H2,(H,20,21)(H,15,17,18)/p-1. The van der Waals surface area contributed by atoms with Crippen molar-refractivity contribution in [2.75, 3.05) is 18.4 Å². The SMILES string of the molecule is O=C([O-])NCCNc1nc(C(=O)c2cccs2)c2sccc2n1. The fourth-order valence-electron chi connectivity index (χ4n) is 1.96. The molecule has 0 atom stereocenters. The molecule has 0 radical (unpaired) electrons. The average molecular weight is 347 g/mol. The van der Waals surface area contributed by atoms with Crippen molar-refractivity contribution in [2.45, 2.75) is 0 Å². The molecule has 0 fully saturated rings. The minimum absolute atomic E-state index is 0.147. The first-order valence-corrected chi connectivity index (χ1v) is 8.43. The number of hydrogen-bond donors (Lipinski definition) is 2. The number of nitrogens with zero attached hydrogens (tertiary/aromatic N) is 2. The van der Waals surface area contributed by atoms with Crippen LogP contribution in [-0.4, -0.2) is 34.9 Å². The van der Waals surface area contributed by atoms with Gasteiger partial charge in [-0.05, 0) is 22.9 Å². The van der Waals surface area contributed by atoms with Crippen molar-refractivity contribution in [3.05, 3.63) is 39.5 Å². The lowest BCUT2D eigenvalue weighted by molar-refractivity contribution is -0.250. The first kappa shape index (κ1) is 15.4. The maximum Gasteiger partial charge on any atom is 0.224 e. The van der Waals surface area contributed by atoms with Gasteiger partial charge in [-0.25, -0.2) is 9.97 Å². The Kier molecular flexibility index (Phi) is 4.49. The number of amides is 1. The molecule has 0 aliphatic heterocycles. The monoisotopic (exact) mass is 347 g/mol. The van der Waals surface area contributed by atoms with Crippen molar-refractivity contribution < 1.29 is 14.7 Å². The summed E-state index contributed by atoms with van der Waals surface area (Å²) in [6, 6.07) is 5.39. The quantitative estimate of drug-likeness (QED) is 0.514. The molecule has 0 saturated heterocycles. The smallest absolute Gasteiger partial charge is 0.224 e. The third kappa shape index (κ3) is 3.46. The van der Waals surface area contributed by atoms with Gasteiger partial charge in [-0.15, -0.1) is 22.7 Å². The highest BCUT2D eigenvalue weighted by Gasteiger charge is 2.18. The third-order valence-electron chi connectivity index (χ3n) is 2.94. The van der Waals surface area contributed by atoms with Gasteiger partial charge in [0.15, 0.2) is 0 Å². The van der Waals surface area contributed by atoms with Crippen LogP contribution < -0.4 is 15.7 Å². The van der Waals surface area contributed by atoms with Gasteiger partial charge >= 0.3 is 0 Å². The van der Waals surface area contributed by atoms with E-state index in [1.54, 1.807) is 6.07 Å². The molecule has 1 amide bonds. The van der Waals surface area contributed by atoms with E-state index >= 15 is 0 Å². The zero-order chi connectivity index (χ0) is 16.2. The summed E-state index contributed by atoms with van der Waals surface area (Å²) in [4.78, 5) is 32.1. The van der Waals surface area contributed by atoms with Crippen LogP contribution in [0, 0.1) is 0 Å². The lowest BCUT2D eigenvalue weighted by Gasteiger charge is -2.09. The Labute approximate surface area is 139 Å². The van der Waals surface area contributed by atoms with E-state index in [2.05, 4.69) is 20.6 Å². The van der Waals surface area contributed by atoms with Crippen LogP contribution in [-0.2, 0) is 0 Å². The summed E-state index contributed by atoms with van der Waals surface area (Å²) in [7, 11) is 0. The second-order valence-corrected chi connectivity index (χ2v) is 6.34. The van der Waals surface area contributed by atoms with Crippen LogP contribution in [0.2, 0.25) is 0 Å². The molecule has 23 heavy (non-hydrogen) atoms. The van der Waals surface area contributed by atoms with E-state index < -0.39 is 6.09 Å². The number of fused-ring (bicyclic) bond motifs is 1. The van der Waals surface area contributed by atoms with Gasteiger partial charge in [0.1, 0.15) is 11.8 Å². The molecule has 9 heteroatoms. The summed E-state index contributed by atoms with van der Waals surface area (Å²) in [5.41, 5.74) is 1.03. The summed E-state index contributed by atoms with van der Waals surface area (Å²) in [6.45, 7) is 0.442. The molecular formula is C14H11N4O3S2-. The predicted octanol–water partition coefficient (Wildman–Crippen LogP) is 1.33. The van der Waals surface area contributed by atoms with Gasteiger partial charge in [0, 0.05) is 13.1 Å². The maximum absolute atomic E-state index is 12.6. The first-order valence-electron chi connectivity index (χ1n) is 6.67. The highest BCUT2D eigenvalue weighted by Crippen LogP contribution is 2.26. The molecule has 3 rings (SSSR count). The van der Waals surface area contributed by atoms with Crippen LogP contribution in [0.25, 0.3) is 10.2 Å². The number of anilines is 1. The first-order chi connectivity index (χ1) is 11.1. The number of aromatic nitrogens is 2. The minimum Gasteiger partial charge on any atom is -0.530 e. The molecule has 3 aromatic rings. The van der Waals surface area contributed by atoms with E-state index in [1.807, 2.05) is 22.9 Å². The van der Waals surface area contributed by atoms with E-state index in [0.29, 0.717) is 16.1 Å². The van der Waals surface area contributed by atoms with Crippen molar-refractivity contribution >= 4 is 50.7 Å². The molecule has 0 aliphatic carbocycles. The molecule has 0 saturated carbocycles. The van der Waals surface area contributed by atoms with E-state index in [-0.39, 0.29) is 24.8 Å².